The first kappa shape index (κ1) is 11.6. The lowest BCUT2D eigenvalue weighted by molar-refractivity contribution is -0.114. The molecule has 0 unspecified atom stereocenters. The van der Waals surface area contributed by atoms with E-state index in [0.29, 0.717) is 0 Å². The minimum Gasteiger partial charge on any atom is -0.326 e. The molecule has 0 radical (unpaired) electrons. The van der Waals surface area contributed by atoms with E-state index in [1.165, 1.54) is 6.92 Å². The molecule has 0 aliphatic rings. The number of hydrogen-bond donors (Lipinski definition) is 2. The predicted octanol–water partition coefficient (Wildman–Crippen LogP) is 1.48. The average molecular weight is 180 g/mol. The standard InChI is InChI=1S/C8H9NO.C2H7N/c1-7(10)9-8-5-3-2-4-6-8;1-3-2/h2-6H,1H3,(H,9,10);3H,1-2H3. The van der Waals surface area contributed by atoms with Crippen LogP contribution in [0.1, 0.15) is 6.92 Å². The lowest BCUT2D eigenvalue weighted by Gasteiger charge is -1.98. The van der Waals surface area contributed by atoms with Gasteiger partial charge in [0.05, 0.1) is 0 Å². The summed E-state index contributed by atoms with van der Waals surface area (Å²) in [7, 11) is 3.75. The fourth-order valence-electron chi connectivity index (χ4n) is 0.725. The number of para-hydroxylation sites is 1. The van der Waals surface area contributed by atoms with Gasteiger partial charge >= 0.3 is 0 Å². The van der Waals surface area contributed by atoms with Crippen LogP contribution in [0.5, 0.6) is 0 Å². The summed E-state index contributed by atoms with van der Waals surface area (Å²) in [5.41, 5.74) is 0.843. The number of carbonyl (C=O) groups is 1. The highest BCUT2D eigenvalue weighted by atomic mass is 16.1. The van der Waals surface area contributed by atoms with Crippen LogP contribution < -0.4 is 10.6 Å². The molecule has 1 aromatic rings. The maximum atomic E-state index is 10.5. The second-order valence-corrected chi connectivity index (χ2v) is 2.55. The minimum atomic E-state index is -0.0359. The molecule has 0 aromatic heterocycles. The number of nitrogens with one attached hydrogen (secondary N) is 2. The van der Waals surface area contributed by atoms with Crippen molar-refractivity contribution in [3.8, 4) is 0 Å². The van der Waals surface area contributed by atoms with Gasteiger partial charge in [0.25, 0.3) is 0 Å². The van der Waals surface area contributed by atoms with Gasteiger partial charge < -0.3 is 10.6 Å². The van der Waals surface area contributed by atoms with E-state index in [9.17, 15) is 4.79 Å². The van der Waals surface area contributed by atoms with Gasteiger partial charge in [-0.15, -0.1) is 0 Å². The first-order valence-corrected chi connectivity index (χ1v) is 4.11. The van der Waals surface area contributed by atoms with Gasteiger partial charge in [0, 0.05) is 12.6 Å². The van der Waals surface area contributed by atoms with Gasteiger partial charge in [0.15, 0.2) is 0 Å². The van der Waals surface area contributed by atoms with Crippen molar-refractivity contribution < 1.29 is 4.79 Å². The molecule has 0 spiro atoms. The molecule has 1 amide bonds. The van der Waals surface area contributed by atoms with Crippen molar-refractivity contribution >= 4 is 11.6 Å². The van der Waals surface area contributed by atoms with E-state index in [1.807, 2.05) is 44.4 Å². The van der Waals surface area contributed by atoms with Crippen LogP contribution in [-0.4, -0.2) is 20.0 Å². The maximum Gasteiger partial charge on any atom is 0.221 e. The molecular formula is C10H16N2O. The quantitative estimate of drug-likeness (QED) is 0.687. The molecule has 0 bridgehead atoms. The number of amides is 1. The van der Waals surface area contributed by atoms with Crippen LogP contribution >= 0.6 is 0 Å². The molecule has 0 heterocycles. The highest BCUT2D eigenvalue weighted by Gasteiger charge is 1.90. The zero-order chi connectivity index (χ0) is 10.1. The third-order valence-corrected chi connectivity index (χ3v) is 1.09. The fraction of sp³-hybridized carbons (Fsp3) is 0.300. The van der Waals surface area contributed by atoms with Crippen LogP contribution in [0.15, 0.2) is 30.3 Å². The summed E-state index contributed by atoms with van der Waals surface area (Å²) in [5.74, 6) is -0.0359. The molecule has 0 aliphatic heterocycles. The Labute approximate surface area is 79.2 Å². The van der Waals surface area contributed by atoms with Crippen LogP contribution in [0, 0.1) is 0 Å². The van der Waals surface area contributed by atoms with Crippen molar-refractivity contribution in [1.82, 2.24) is 5.32 Å². The van der Waals surface area contributed by atoms with Gasteiger partial charge in [-0.05, 0) is 26.2 Å². The van der Waals surface area contributed by atoms with E-state index in [4.69, 9.17) is 0 Å². The van der Waals surface area contributed by atoms with Crippen LogP contribution in [0.3, 0.4) is 0 Å². The highest BCUT2D eigenvalue weighted by molar-refractivity contribution is 5.88. The SMILES string of the molecule is CC(=O)Nc1ccccc1.CNC. The molecule has 3 heteroatoms. The summed E-state index contributed by atoms with van der Waals surface area (Å²) in [5, 5.41) is 5.42. The Hall–Kier alpha value is -1.35. The first-order chi connectivity index (χ1) is 6.20. The monoisotopic (exact) mass is 180 g/mol. The lowest BCUT2D eigenvalue weighted by atomic mass is 10.3. The van der Waals surface area contributed by atoms with E-state index in [-0.39, 0.29) is 5.91 Å². The van der Waals surface area contributed by atoms with Crippen molar-refractivity contribution in [1.29, 1.82) is 0 Å². The Morgan fingerprint density at radius 3 is 2.00 bits per heavy atom. The number of hydrogen-bond acceptors (Lipinski definition) is 2. The lowest BCUT2D eigenvalue weighted by Crippen LogP contribution is -2.04. The largest absolute Gasteiger partial charge is 0.326 e. The molecule has 0 atom stereocenters. The Kier molecular flexibility index (Phi) is 6.55. The van der Waals surface area contributed by atoms with E-state index < -0.39 is 0 Å². The predicted molar refractivity (Wildman–Crippen MR) is 55.7 cm³/mol. The number of carbonyl (C=O) groups excluding carboxylic acids is 1. The van der Waals surface area contributed by atoms with Gasteiger partial charge in [-0.2, -0.15) is 0 Å². The van der Waals surface area contributed by atoms with Crippen molar-refractivity contribution in [2.24, 2.45) is 0 Å². The highest BCUT2D eigenvalue weighted by Crippen LogP contribution is 2.03. The van der Waals surface area contributed by atoms with Gasteiger partial charge in [0.1, 0.15) is 0 Å². The third-order valence-electron chi connectivity index (χ3n) is 1.09. The second-order valence-electron chi connectivity index (χ2n) is 2.55. The summed E-state index contributed by atoms with van der Waals surface area (Å²) in [6.45, 7) is 1.49. The molecule has 3 nitrogen and oxygen atoms in total. The summed E-state index contributed by atoms with van der Waals surface area (Å²) in [6, 6.07) is 9.37. The molecule has 0 saturated carbocycles. The molecule has 0 saturated heterocycles. The minimum absolute atomic E-state index is 0.0359. The van der Waals surface area contributed by atoms with Gasteiger partial charge in [-0.1, -0.05) is 18.2 Å². The summed E-state index contributed by atoms with van der Waals surface area (Å²) in [4.78, 5) is 10.5. The third kappa shape index (κ3) is 7.03. The van der Waals surface area contributed by atoms with Crippen molar-refractivity contribution in [2.75, 3.05) is 19.4 Å². The maximum absolute atomic E-state index is 10.5. The van der Waals surface area contributed by atoms with Crippen LogP contribution in [-0.2, 0) is 4.79 Å². The van der Waals surface area contributed by atoms with E-state index >= 15 is 0 Å². The van der Waals surface area contributed by atoms with Crippen molar-refractivity contribution in [3.05, 3.63) is 30.3 Å². The summed E-state index contributed by atoms with van der Waals surface area (Å²) >= 11 is 0. The van der Waals surface area contributed by atoms with E-state index in [0.717, 1.165) is 5.69 Å². The Morgan fingerprint density at radius 2 is 1.62 bits per heavy atom. The topological polar surface area (TPSA) is 41.1 Å². The van der Waals surface area contributed by atoms with Crippen LogP contribution in [0.4, 0.5) is 5.69 Å². The van der Waals surface area contributed by atoms with E-state index in [2.05, 4.69) is 10.6 Å². The van der Waals surface area contributed by atoms with Crippen molar-refractivity contribution in [2.45, 2.75) is 6.92 Å². The molecule has 13 heavy (non-hydrogen) atoms. The van der Waals surface area contributed by atoms with E-state index in [1.54, 1.807) is 0 Å². The van der Waals surface area contributed by atoms with Crippen LogP contribution in [0.2, 0.25) is 0 Å². The molecule has 2 N–H and O–H groups in total. The molecule has 72 valence electrons. The zero-order valence-corrected chi connectivity index (χ0v) is 8.29. The fourth-order valence-corrected chi connectivity index (χ4v) is 0.725. The Morgan fingerprint density at radius 1 is 1.15 bits per heavy atom. The molecule has 1 aromatic carbocycles. The van der Waals surface area contributed by atoms with Gasteiger partial charge in [-0.25, -0.2) is 0 Å². The first-order valence-electron chi connectivity index (χ1n) is 4.11. The van der Waals surface area contributed by atoms with Crippen LogP contribution in [0.25, 0.3) is 0 Å². The van der Waals surface area contributed by atoms with Gasteiger partial charge in [-0.3, -0.25) is 4.79 Å². The second kappa shape index (κ2) is 7.31. The smallest absolute Gasteiger partial charge is 0.221 e. The average Bonchev–Trinajstić information content (AvgIpc) is 2.06. The number of benzene rings is 1. The Balaban J connectivity index is 0.000000424. The summed E-state index contributed by atoms with van der Waals surface area (Å²) in [6.07, 6.45) is 0. The number of anilines is 1. The Bertz CT molecular complexity index is 234. The van der Waals surface area contributed by atoms with Crippen molar-refractivity contribution in [3.63, 3.8) is 0 Å². The molecule has 0 fully saturated rings. The summed E-state index contributed by atoms with van der Waals surface area (Å²) < 4.78 is 0. The molecule has 0 aliphatic carbocycles. The molecule has 1 rings (SSSR count). The van der Waals surface area contributed by atoms with Gasteiger partial charge in [0.2, 0.25) is 5.91 Å². The molecular weight excluding hydrogens is 164 g/mol. The number of rotatable bonds is 1. The normalized spacial score (nSPS) is 8.23. The zero-order valence-electron chi connectivity index (χ0n) is 8.29.